The first-order valence-corrected chi connectivity index (χ1v) is 9.05. The third kappa shape index (κ3) is 2.74. The van der Waals surface area contributed by atoms with E-state index in [9.17, 15) is 8.42 Å². The molecule has 1 fully saturated rings. The van der Waals surface area contributed by atoms with E-state index in [4.69, 9.17) is 0 Å². The summed E-state index contributed by atoms with van der Waals surface area (Å²) in [6.07, 6.45) is 0.954. The number of nitrogens with zero attached hydrogens (tertiary/aromatic N) is 1. The van der Waals surface area contributed by atoms with Gasteiger partial charge in [-0.05, 0) is 41.0 Å². The number of fused-ring (bicyclic) bond motifs is 1. The van der Waals surface area contributed by atoms with Crippen molar-refractivity contribution in [3.8, 4) is 0 Å². The first kappa shape index (κ1) is 15.0. The zero-order valence-electron chi connectivity index (χ0n) is 13.0. The van der Waals surface area contributed by atoms with Crippen LogP contribution >= 0.6 is 0 Å². The molecule has 1 saturated heterocycles. The minimum atomic E-state index is -3.35. The summed E-state index contributed by atoms with van der Waals surface area (Å²) in [6, 6.07) is 5.54. The Hall–Kier alpha value is -0.910. The van der Waals surface area contributed by atoms with Gasteiger partial charge in [-0.1, -0.05) is 26.8 Å². The maximum Gasteiger partial charge on any atom is 0.243 e. The molecular weight excluding hydrogens is 284 g/mol. The molecule has 1 aromatic rings. The highest BCUT2D eigenvalue weighted by molar-refractivity contribution is 7.89. The van der Waals surface area contributed by atoms with Gasteiger partial charge in [-0.15, -0.1) is 0 Å². The normalized spacial score (nSPS) is 23.5. The van der Waals surface area contributed by atoms with Crippen LogP contribution in [-0.2, 0) is 23.1 Å². The average molecular weight is 308 g/mol. The van der Waals surface area contributed by atoms with Crippen LogP contribution in [0.1, 0.15) is 38.3 Å². The van der Waals surface area contributed by atoms with Gasteiger partial charge in [0.05, 0.1) is 4.90 Å². The highest BCUT2D eigenvalue weighted by atomic mass is 32.2. The van der Waals surface area contributed by atoms with Crippen LogP contribution in [0, 0.1) is 11.3 Å². The molecule has 0 bridgehead atoms. The van der Waals surface area contributed by atoms with Crippen molar-refractivity contribution in [1.82, 2.24) is 9.62 Å². The fourth-order valence-electron chi connectivity index (χ4n) is 3.23. The number of rotatable bonds is 2. The number of sulfonamides is 1. The quantitative estimate of drug-likeness (QED) is 0.912. The smallest absolute Gasteiger partial charge is 0.243 e. The van der Waals surface area contributed by atoms with Crippen LogP contribution in [0.25, 0.3) is 0 Å². The Labute approximate surface area is 127 Å². The Morgan fingerprint density at radius 1 is 1.19 bits per heavy atom. The van der Waals surface area contributed by atoms with E-state index in [1.165, 1.54) is 5.56 Å². The molecule has 0 amide bonds. The summed E-state index contributed by atoms with van der Waals surface area (Å²) in [5.74, 6) is 0.434. The SMILES string of the molecule is CC(C)(C)C1CCN(S(=O)(=O)c2ccc3c(c2)CNC3)C1. The van der Waals surface area contributed by atoms with E-state index in [-0.39, 0.29) is 5.41 Å². The molecule has 116 valence electrons. The van der Waals surface area contributed by atoms with Crippen LogP contribution in [0.3, 0.4) is 0 Å². The molecule has 0 aliphatic carbocycles. The molecule has 4 nitrogen and oxygen atoms in total. The molecule has 0 aromatic heterocycles. The molecule has 1 aromatic carbocycles. The van der Waals surface area contributed by atoms with Gasteiger partial charge < -0.3 is 5.32 Å². The van der Waals surface area contributed by atoms with Gasteiger partial charge in [-0.3, -0.25) is 0 Å². The molecule has 1 atom stereocenters. The Morgan fingerprint density at radius 2 is 1.90 bits per heavy atom. The molecule has 0 radical (unpaired) electrons. The second kappa shape index (κ2) is 5.07. The van der Waals surface area contributed by atoms with Crippen molar-refractivity contribution < 1.29 is 8.42 Å². The lowest BCUT2D eigenvalue weighted by Crippen LogP contribution is -2.31. The van der Waals surface area contributed by atoms with Gasteiger partial charge >= 0.3 is 0 Å². The summed E-state index contributed by atoms with van der Waals surface area (Å²) >= 11 is 0. The molecule has 2 aliphatic heterocycles. The average Bonchev–Trinajstić information content (AvgIpc) is 3.06. The first-order valence-electron chi connectivity index (χ1n) is 7.61. The van der Waals surface area contributed by atoms with E-state index in [1.54, 1.807) is 10.4 Å². The zero-order valence-corrected chi connectivity index (χ0v) is 13.8. The second-order valence-corrected chi connectivity index (χ2v) is 9.19. The zero-order chi connectivity index (χ0) is 15.3. The topological polar surface area (TPSA) is 49.4 Å². The van der Waals surface area contributed by atoms with Crippen molar-refractivity contribution in [2.75, 3.05) is 13.1 Å². The summed E-state index contributed by atoms with van der Waals surface area (Å²) in [5, 5.41) is 3.25. The van der Waals surface area contributed by atoms with Gasteiger partial charge in [0.15, 0.2) is 0 Å². The van der Waals surface area contributed by atoms with E-state index in [0.717, 1.165) is 25.1 Å². The van der Waals surface area contributed by atoms with E-state index >= 15 is 0 Å². The molecule has 0 spiro atoms. The maximum absolute atomic E-state index is 12.8. The highest BCUT2D eigenvalue weighted by Gasteiger charge is 2.37. The molecule has 1 N–H and O–H groups in total. The molecule has 21 heavy (non-hydrogen) atoms. The van der Waals surface area contributed by atoms with Crippen LogP contribution in [0.15, 0.2) is 23.1 Å². The summed E-state index contributed by atoms with van der Waals surface area (Å²) in [7, 11) is -3.35. The molecule has 1 unspecified atom stereocenters. The van der Waals surface area contributed by atoms with E-state index in [0.29, 0.717) is 23.9 Å². The van der Waals surface area contributed by atoms with E-state index in [1.807, 2.05) is 12.1 Å². The summed E-state index contributed by atoms with van der Waals surface area (Å²) in [4.78, 5) is 0.444. The van der Waals surface area contributed by atoms with Crippen molar-refractivity contribution in [1.29, 1.82) is 0 Å². The molecule has 5 heteroatoms. The minimum absolute atomic E-state index is 0.159. The van der Waals surface area contributed by atoms with Gasteiger partial charge in [-0.2, -0.15) is 4.31 Å². The summed E-state index contributed by atoms with van der Waals surface area (Å²) < 4.78 is 27.3. The van der Waals surface area contributed by atoms with E-state index in [2.05, 4.69) is 26.1 Å². The van der Waals surface area contributed by atoms with Gasteiger partial charge in [0, 0.05) is 26.2 Å². The number of hydrogen-bond acceptors (Lipinski definition) is 3. The standard InChI is InChI=1S/C16H24N2O2S/c1-16(2,3)14-6-7-18(11-14)21(19,20)15-5-4-12-9-17-10-13(12)8-15/h4-5,8,14,17H,6-7,9-11H2,1-3H3. The van der Waals surface area contributed by atoms with Crippen molar-refractivity contribution in [3.63, 3.8) is 0 Å². The predicted octanol–water partition coefficient (Wildman–Crippen LogP) is 2.35. The number of hydrogen-bond donors (Lipinski definition) is 1. The van der Waals surface area contributed by atoms with Crippen molar-refractivity contribution in [2.45, 2.75) is 45.2 Å². The fraction of sp³-hybridized carbons (Fsp3) is 0.625. The highest BCUT2D eigenvalue weighted by Crippen LogP contribution is 2.36. The Balaban J connectivity index is 1.85. The Bertz CT molecular complexity index is 647. The van der Waals surface area contributed by atoms with E-state index < -0.39 is 10.0 Å². The predicted molar refractivity (Wildman–Crippen MR) is 83.3 cm³/mol. The van der Waals surface area contributed by atoms with Crippen LogP contribution in [0.5, 0.6) is 0 Å². The van der Waals surface area contributed by atoms with Crippen LogP contribution in [-0.4, -0.2) is 25.8 Å². The second-order valence-electron chi connectivity index (χ2n) is 7.25. The first-order chi connectivity index (χ1) is 9.78. The lowest BCUT2D eigenvalue weighted by molar-refractivity contribution is 0.252. The monoisotopic (exact) mass is 308 g/mol. The van der Waals surface area contributed by atoms with Crippen LogP contribution in [0.4, 0.5) is 0 Å². The Kier molecular flexibility index (Phi) is 3.62. The third-order valence-electron chi connectivity index (χ3n) is 4.82. The molecule has 0 saturated carbocycles. The van der Waals surface area contributed by atoms with Crippen molar-refractivity contribution in [3.05, 3.63) is 29.3 Å². The minimum Gasteiger partial charge on any atom is -0.309 e. The lowest BCUT2D eigenvalue weighted by Gasteiger charge is -2.26. The fourth-order valence-corrected chi connectivity index (χ4v) is 4.79. The Morgan fingerprint density at radius 3 is 2.57 bits per heavy atom. The van der Waals surface area contributed by atoms with Gasteiger partial charge in [-0.25, -0.2) is 8.42 Å². The van der Waals surface area contributed by atoms with Gasteiger partial charge in [0.2, 0.25) is 10.0 Å². The molecule has 3 rings (SSSR count). The third-order valence-corrected chi connectivity index (χ3v) is 6.68. The van der Waals surface area contributed by atoms with Crippen LogP contribution < -0.4 is 5.32 Å². The number of benzene rings is 1. The van der Waals surface area contributed by atoms with Gasteiger partial charge in [0.1, 0.15) is 0 Å². The lowest BCUT2D eigenvalue weighted by atomic mass is 9.80. The summed E-state index contributed by atoms with van der Waals surface area (Å²) in [5.41, 5.74) is 2.48. The molecule has 2 aliphatic rings. The van der Waals surface area contributed by atoms with Gasteiger partial charge in [0.25, 0.3) is 0 Å². The molecule has 2 heterocycles. The largest absolute Gasteiger partial charge is 0.309 e. The van der Waals surface area contributed by atoms with Crippen molar-refractivity contribution in [2.24, 2.45) is 11.3 Å². The maximum atomic E-state index is 12.8. The number of nitrogens with one attached hydrogen (secondary N) is 1. The summed E-state index contributed by atoms with van der Waals surface area (Å²) in [6.45, 7) is 9.45. The van der Waals surface area contributed by atoms with Crippen LogP contribution in [0.2, 0.25) is 0 Å². The molecular formula is C16H24N2O2S. The van der Waals surface area contributed by atoms with Crippen molar-refractivity contribution >= 4 is 10.0 Å².